The molecule has 1 aliphatic rings. The van der Waals surface area contributed by atoms with Crippen LogP contribution in [-0.2, 0) is 4.79 Å². The second-order valence-electron chi connectivity index (χ2n) is 3.56. The molecule has 13 heavy (non-hydrogen) atoms. The molecule has 0 aliphatic carbocycles. The highest BCUT2D eigenvalue weighted by Crippen LogP contribution is 2.18. The van der Waals surface area contributed by atoms with Crippen molar-refractivity contribution in [2.45, 2.75) is 25.1 Å². The Bertz CT molecular complexity index is 186. The number of amides is 1. The van der Waals surface area contributed by atoms with E-state index in [0.717, 1.165) is 19.4 Å². The van der Waals surface area contributed by atoms with Gasteiger partial charge in [-0.05, 0) is 19.8 Å². The van der Waals surface area contributed by atoms with E-state index in [1.807, 2.05) is 0 Å². The van der Waals surface area contributed by atoms with Crippen molar-refractivity contribution in [1.82, 2.24) is 4.90 Å². The van der Waals surface area contributed by atoms with Crippen LogP contribution in [0.4, 0.5) is 4.39 Å². The molecule has 1 rings (SSSR count). The lowest BCUT2D eigenvalue weighted by Gasteiger charge is -2.32. The van der Waals surface area contributed by atoms with Crippen LogP contribution in [-0.4, -0.2) is 35.9 Å². The molecular formula is C9H15ClFNO. The average molecular weight is 208 g/mol. The van der Waals surface area contributed by atoms with Crippen LogP contribution in [0.3, 0.4) is 0 Å². The molecule has 0 unspecified atom stereocenters. The Labute approximate surface area is 83.0 Å². The van der Waals surface area contributed by atoms with Gasteiger partial charge in [0.1, 0.15) is 5.38 Å². The first-order chi connectivity index (χ1) is 6.15. The van der Waals surface area contributed by atoms with Crippen molar-refractivity contribution in [3.05, 3.63) is 0 Å². The van der Waals surface area contributed by atoms with Gasteiger partial charge in [-0.1, -0.05) is 0 Å². The minimum Gasteiger partial charge on any atom is -0.341 e. The van der Waals surface area contributed by atoms with Gasteiger partial charge in [-0.3, -0.25) is 9.18 Å². The van der Waals surface area contributed by atoms with Crippen LogP contribution in [0.5, 0.6) is 0 Å². The van der Waals surface area contributed by atoms with Gasteiger partial charge in [0.2, 0.25) is 5.91 Å². The number of halogens is 2. The number of carbonyl (C=O) groups is 1. The molecule has 0 aromatic rings. The van der Waals surface area contributed by atoms with Crippen LogP contribution in [0.2, 0.25) is 0 Å². The zero-order valence-electron chi connectivity index (χ0n) is 7.80. The molecule has 0 aromatic carbocycles. The molecule has 0 bridgehead atoms. The molecule has 0 N–H and O–H groups in total. The summed E-state index contributed by atoms with van der Waals surface area (Å²) in [6.45, 7) is 2.59. The van der Waals surface area contributed by atoms with Gasteiger partial charge in [0.05, 0.1) is 6.67 Å². The van der Waals surface area contributed by atoms with Crippen LogP contribution < -0.4 is 0 Å². The molecule has 1 saturated heterocycles. The highest BCUT2D eigenvalue weighted by atomic mass is 35.5. The highest BCUT2D eigenvalue weighted by molar-refractivity contribution is 6.30. The Balaban J connectivity index is 2.46. The molecule has 0 radical (unpaired) electrons. The summed E-state index contributed by atoms with van der Waals surface area (Å²) in [7, 11) is 0. The smallest absolute Gasteiger partial charge is 0.240 e. The van der Waals surface area contributed by atoms with E-state index in [9.17, 15) is 9.18 Å². The fraction of sp³-hybridized carbons (Fsp3) is 0.889. The van der Waals surface area contributed by atoms with Crippen molar-refractivity contribution in [3.63, 3.8) is 0 Å². The lowest BCUT2D eigenvalue weighted by molar-refractivity contribution is -0.132. The number of rotatable bonds is 2. The summed E-state index contributed by atoms with van der Waals surface area (Å²) in [6.07, 6.45) is 1.78. The van der Waals surface area contributed by atoms with Crippen LogP contribution >= 0.6 is 11.6 Å². The number of likely N-dealkylation sites (tertiary alicyclic amines) is 1. The van der Waals surface area contributed by atoms with Gasteiger partial charge < -0.3 is 4.90 Å². The van der Waals surface area contributed by atoms with Crippen molar-refractivity contribution in [2.24, 2.45) is 5.92 Å². The normalized spacial score (nSPS) is 25.8. The summed E-state index contributed by atoms with van der Waals surface area (Å²) in [4.78, 5) is 13.1. The molecular weight excluding hydrogens is 193 g/mol. The lowest BCUT2D eigenvalue weighted by Crippen LogP contribution is -2.43. The van der Waals surface area contributed by atoms with Crippen molar-refractivity contribution in [3.8, 4) is 0 Å². The van der Waals surface area contributed by atoms with E-state index in [4.69, 9.17) is 11.6 Å². The van der Waals surface area contributed by atoms with Crippen molar-refractivity contribution < 1.29 is 9.18 Å². The van der Waals surface area contributed by atoms with E-state index >= 15 is 0 Å². The van der Waals surface area contributed by atoms with E-state index < -0.39 is 5.38 Å². The number of nitrogens with zero attached hydrogens (tertiary/aromatic N) is 1. The van der Waals surface area contributed by atoms with Gasteiger partial charge in [-0.2, -0.15) is 0 Å². The summed E-state index contributed by atoms with van der Waals surface area (Å²) in [6, 6.07) is 0. The Morgan fingerprint density at radius 1 is 1.77 bits per heavy atom. The zero-order valence-corrected chi connectivity index (χ0v) is 8.56. The maximum absolute atomic E-state index is 12.3. The van der Waals surface area contributed by atoms with Gasteiger partial charge in [0.15, 0.2) is 0 Å². The van der Waals surface area contributed by atoms with Crippen LogP contribution in [0.25, 0.3) is 0 Å². The molecule has 1 fully saturated rings. The summed E-state index contributed by atoms with van der Waals surface area (Å²) < 4.78 is 12.3. The quantitative estimate of drug-likeness (QED) is 0.633. The minimum absolute atomic E-state index is 0.0214. The molecule has 2 nitrogen and oxygen atoms in total. The van der Waals surface area contributed by atoms with E-state index in [0.29, 0.717) is 6.54 Å². The third-order valence-corrected chi connectivity index (χ3v) is 2.58. The third-order valence-electron chi connectivity index (χ3n) is 2.39. The summed E-state index contributed by atoms with van der Waals surface area (Å²) >= 11 is 5.67. The van der Waals surface area contributed by atoms with Crippen molar-refractivity contribution >= 4 is 17.5 Å². The van der Waals surface area contributed by atoms with Crippen LogP contribution in [0.1, 0.15) is 19.8 Å². The monoisotopic (exact) mass is 207 g/mol. The Morgan fingerprint density at radius 3 is 3.00 bits per heavy atom. The van der Waals surface area contributed by atoms with Gasteiger partial charge in [-0.15, -0.1) is 11.6 Å². The highest BCUT2D eigenvalue weighted by Gasteiger charge is 2.25. The molecule has 2 atom stereocenters. The fourth-order valence-electron chi connectivity index (χ4n) is 1.64. The molecule has 0 spiro atoms. The minimum atomic E-state index is -0.488. The van der Waals surface area contributed by atoms with E-state index in [1.54, 1.807) is 11.8 Å². The zero-order chi connectivity index (χ0) is 9.84. The molecule has 1 aliphatic heterocycles. The molecule has 0 saturated carbocycles. The number of carbonyl (C=O) groups excluding carboxylic acids is 1. The molecule has 76 valence electrons. The van der Waals surface area contributed by atoms with E-state index in [1.165, 1.54) is 0 Å². The van der Waals surface area contributed by atoms with E-state index in [2.05, 4.69) is 0 Å². The van der Waals surface area contributed by atoms with Gasteiger partial charge in [-0.25, -0.2) is 0 Å². The Hall–Kier alpha value is -0.310. The Kier molecular flexibility index (Phi) is 3.97. The summed E-state index contributed by atoms with van der Waals surface area (Å²) in [5.74, 6) is -0.0482. The summed E-state index contributed by atoms with van der Waals surface area (Å²) in [5.41, 5.74) is 0. The standard InChI is InChI=1S/C9H15ClFNO/c1-7(10)9(13)12-4-2-3-8(5-11)6-12/h7-8H,2-6H2,1H3/t7-,8-/m0/s1. The van der Waals surface area contributed by atoms with Gasteiger partial charge in [0, 0.05) is 19.0 Å². The first-order valence-electron chi connectivity index (χ1n) is 4.64. The van der Waals surface area contributed by atoms with Crippen LogP contribution in [0, 0.1) is 5.92 Å². The van der Waals surface area contributed by atoms with E-state index in [-0.39, 0.29) is 18.5 Å². The largest absolute Gasteiger partial charge is 0.341 e. The first kappa shape index (κ1) is 10.8. The van der Waals surface area contributed by atoms with Crippen LogP contribution in [0.15, 0.2) is 0 Å². The number of hydrogen-bond acceptors (Lipinski definition) is 1. The first-order valence-corrected chi connectivity index (χ1v) is 5.07. The van der Waals surface area contributed by atoms with Gasteiger partial charge >= 0.3 is 0 Å². The maximum Gasteiger partial charge on any atom is 0.240 e. The second kappa shape index (κ2) is 4.80. The summed E-state index contributed by atoms with van der Waals surface area (Å²) in [5, 5.41) is -0.488. The van der Waals surface area contributed by atoms with Gasteiger partial charge in [0.25, 0.3) is 0 Å². The SMILES string of the molecule is C[C@H](Cl)C(=O)N1CCC[C@@H](CF)C1. The fourth-order valence-corrected chi connectivity index (χ4v) is 1.78. The molecule has 1 amide bonds. The number of alkyl halides is 2. The van der Waals surface area contributed by atoms with Crippen molar-refractivity contribution in [1.29, 1.82) is 0 Å². The number of piperidine rings is 1. The average Bonchev–Trinajstić information content (AvgIpc) is 2.16. The molecule has 1 heterocycles. The third kappa shape index (κ3) is 2.83. The predicted octanol–water partition coefficient (Wildman–Crippen LogP) is 1.82. The topological polar surface area (TPSA) is 20.3 Å². The second-order valence-corrected chi connectivity index (χ2v) is 4.22. The maximum atomic E-state index is 12.3. The number of hydrogen-bond donors (Lipinski definition) is 0. The Morgan fingerprint density at radius 2 is 2.46 bits per heavy atom. The molecule has 0 aromatic heterocycles. The predicted molar refractivity (Wildman–Crippen MR) is 50.6 cm³/mol. The lowest BCUT2D eigenvalue weighted by atomic mass is 9.99. The van der Waals surface area contributed by atoms with Crippen molar-refractivity contribution in [2.75, 3.05) is 19.8 Å². The molecule has 4 heteroatoms.